The zero-order valence-corrected chi connectivity index (χ0v) is 19.1. The number of carbonyl (C=O) groups excluding carboxylic acids is 2. The predicted molar refractivity (Wildman–Crippen MR) is 135 cm³/mol. The lowest BCUT2D eigenvalue weighted by Gasteiger charge is -2.37. The second-order valence-electron chi connectivity index (χ2n) is 7.88. The van der Waals surface area contributed by atoms with Crippen LogP contribution in [0.25, 0.3) is 0 Å². The van der Waals surface area contributed by atoms with E-state index < -0.39 is 0 Å². The Morgan fingerprint density at radius 1 is 1.31 bits per heavy atom. The Bertz CT molecular complexity index is 1170. The fraction of sp³-hybridized carbons (Fsp3) is 0.182. The van der Waals surface area contributed by atoms with Crippen molar-refractivity contribution >= 4 is 52.5 Å². The standard InChI is InChI=1S/C22H24B3N5O2/c1-4-5-13(2)10-19-29(3)21-15(7-8-16(27-21)20(24)25)22(32)30(19)12-18(31)28-17-9-6-14(23)11-26-17/h6-11,20H,2,12,23-25H2,1,3H3,(H,26,28,31)/b19-10+. The van der Waals surface area contributed by atoms with Gasteiger partial charge in [-0.05, 0) is 31.2 Å². The number of aromatic nitrogens is 2. The molecule has 0 fully saturated rings. The Morgan fingerprint density at radius 3 is 2.69 bits per heavy atom. The van der Waals surface area contributed by atoms with Gasteiger partial charge in [-0.1, -0.05) is 29.7 Å². The Hall–Kier alpha value is -3.73. The average Bonchev–Trinajstić information content (AvgIpc) is 2.75. The number of pyridine rings is 2. The van der Waals surface area contributed by atoms with Gasteiger partial charge in [0.15, 0.2) is 0 Å². The molecule has 3 heterocycles. The monoisotopic (exact) mass is 423 g/mol. The third-order valence-electron chi connectivity index (χ3n) is 4.97. The summed E-state index contributed by atoms with van der Waals surface area (Å²) in [5, 5.41) is 2.74. The van der Waals surface area contributed by atoms with Crippen molar-refractivity contribution < 1.29 is 9.59 Å². The summed E-state index contributed by atoms with van der Waals surface area (Å²) >= 11 is 0. The van der Waals surface area contributed by atoms with E-state index in [-0.39, 0.29) is 24.1 Å². The van der Waals surface area contributed by atoms with Gasteiger partial charge in [0.25, 0.3) is 5.91 Å². The lowest BCUT2D eigenvalue weighted by molar-refractivity contribution is -0.116. The Labute approximate surface area is 191 Å². The van der Waals surface area contributed by atoms with Gasteiger partial charge in [-0.15, -0.1) is 5.92 Å². The van der Waals surface area contributed by atoms with Crippen LogP contribution in [-0.4, -0.2) is 63.8 Å². The van der Waals surface area contributed by atoms with E-state index in [1.807, 2.05) is 42.7 Å². The lowest BCUT2D eigenvalue weighted by Crippen LogP contribution is -2.47. The number of amides is 2. The molecule has 0 radical (unpaired) electrons. The van der Waals surface area contributed by atoms with Crippen LogP contribution in [0.4, 0.5) is 11.6 Å². The van der Waals surface area contributed by atoms with Gasteiger partial charge < -0.3 is 10.2 Å². The normalized spacial score (nSPS) is 14.1. The number of nitrogens with zero attached hydrogens (tertiary/aromatic N) is 4. The highest BCUT2D eigenvalue weighted by Gasteiger charge is 2.34. The molecule has 0 saturated carbocycles. The van der Waals surface area contributed by atoms with Crippen molar-refractivity contribution in [2.24, 2.45) is 0 Å². The van der Waals surface area contributed by atoms with Gasteiger partial charge in [-0.2, -0.15) is 0 Å². The molecule has 2 aromatic heterocycles. The number of allylic oxidation sites excluding steroid dienone is 2. The van der Waals surface area contributed by atoms with Crippen molar-refractivity contribution in [1.29, 1.82) is 0 Å². The molecule has 10 heteroatoms. The highest BCUT2D eigenvalue weighted by atomic mass is 16.2. The number of hydrogen-bond donors (Lipinski definition) is 1. The van der Waals surface area contributed by atoms with E-state index in [0.29, 0.717) is 28.6 Å². The van der Waals surface area contributed by atoms with E-state index in [2.05, 4.69) is 28.7 Å². The SMILES string of the molecule is Bc1ccc(NC(=O)CN2C(=O)c3ccc(C(B)B)nc3N(C)/C2=C\C(=C)C#CC)nc1. The Balaban J connectivity index is 1.98. The van der Waals surface area contributed by atoms with Crippen molar-refractivity contribution in [3.63, 3.8) is 0 Å². The second kappa shape index (κ2) is 9.61. The first-order valence-corrected chi connectivity index (χ1v) is 10.3. The molecule has 3 rings (SSSR count). The third-order valence-corrected chi connectivity index (χ3v) is 4.97. The van der Waals surface area contributed by atoms with Gasteiger partial charge in [0.1, 0.15) is 47.5 Å². The molecule has 7 nitrogen and oxygen atoms in total. The van der Waals surface area contributed by atoms with E-state index >= 15 is 0 Å². The molecular formula is C22H24B3N5O2. The molecule has 0 unspecified atom stereocenters. The van der Waals surface area contributed by atoms with Crippen LogP contribution in [0.5, 0.6) is 0 Å². The minimum atomic E-state index is -0.364. The van der Waals surface area contributed by atoms with Crippen LogP contribution in [0.3, 0.4) is 0 Å². The van der Waals surface area contributed by atoms with E-state index in [1.165, 1.54) is 4.90 Å². The minimum absolute atomic E-state index is 0.192. The highest BCUT2D eigenvalue weighted by molar-refractivity contribution is 6.35. The van der Waals surface area contributed by atoms with Crippen molar-refractivity contribution in [3.05, 3.63) is 65.8 Å². The molecule has 2 amide bonds. The fourth-order valence-electron chi connectivity index (χ4n) is 3.29. The van der Waals surface area contributed by atoms with Crippen molar-refractivity contribution in [3.8, 4) is 11.8 Å². The predicted octanol–water partition coefficient (Wildman–Crippen LogP) is -1.05. The second-order valence-corrected chi connectivity index (χ2v) is 7.88. The van der Waals surface area contributed by atoms with E-state index in [4.69, 9.17) is 4.98 Å². The van der Waals surface area contributed by atoms with Gasteiger partial charge in [0.05, 0.1) is 5.56 Å². The first kappa shape index (κ1) is 22.9. The molecule has 0 aliphatic carbocycles. The Kier molecular flexibility index (Phi) is 6.89. The quantitative estimate of drug-likeness (QED) is 0.491. The number of anilines is 2. The molecule has 1 N–H and O–H groups in total. The Morgan fingerprint density at radius 2 is 2.06 bits per heavy atom. The summed E-state index contributed by atoms with van der Waals surface area (Å²) in [6.45, 7) is 5.47. The van der Waals surface area contributed by atoms with Gasteiger partial charge in [-0.25, -0.2) is 9.97 Å². The maximum Gasteiger partial charge on any atom is 0.263 e. The zero-order chi connectivity index (χ0) is 23.4. The van der Waals surface area contributed by atoms with Gasteiger partial charge in [0.2, 0.25) is 5.91 Å². The number of carbonyl (C=O) groups is 2. The highest BCUT2D eigenvalue weighted by Crippen LogP contribution is 2.31. The average molecular weight is 423 g/mol. The fourth-order valence-corrected chi connectivity index (χ4v) is 3.29. The summed E-state index contributed by atoms with van der Waals surface area (Å²) in [7, 11) is 7.82. The molecule has 0 saturated heterocycles. The first-order valence-electron chi connectivity index (χ1n) is 10.3. The largest absolute Gasteiger partial charge is 0.315 e. The summed E-state index contributed by atoms with van der Waals surface area (Å²) in [5.41, 5.74) is 3.04. The number of fused-ring (bicyclic) bond motifs is 1. The van der Waals surface area contributed by atoms with Gasteiger partial charge in [-0.3, -0.25) is 14.5 Å². The molecule has 32 heavy (non-hydrogen) atoms. The van der Waals surface area contributed by atoms with Crippen molar-refractivity contribution in [1.82, 2.24) is 14.9 Å². The molecule has 0 spiro atoms. The van der Waals surface area contributed by atoms with Gasteiger partial charge in [0, 0.05) is 24.5 Å². The van der Waals surface area contributed by atoms with Crippen LogP contribution in [0.1, 0.15) is 28.7 Å². The lowest BCUT2D eigenvalue weighted by atomic mass is 9.68. The summed E-state index contributed by atoms with van der Waals surface area (Å²) in [4.78, 5) is 38.3. The summed E-state index contributed by atoms with van der Waals surface area (Å²) in [5.74, 6) is 6.46. The summed E-state index contributed by atoms with van der Waals surface area (Å²) in [6.07, 6.45) is 3.36. The molecule has 0 bridgehead atoms. The van der Waals surface area contributed by atoms with Crippen LogP contribution in [-0.2, 0) is 4.79 Å². The maximum absolute atomic E-state index is 13.4. The minimum Gasteiger partial charge on any atom is -0.315 e. The van der Waals surface area contributed by atoms with E-state index in [9.17, 15) is 9.59 Å². The van der Waals surface area contributed by atoms with Gasteiger partial charge >= 0.3 is 0 Å². The van der Waals surface area contributed by atoms with Crippen LogP contribution in [0, 0.1) is 11.8 Å². The molecule has 2 aromatic rings. The number of hydrogen-bond acceptors (Lipinski definition) is 5. The van der Waals surface area contributed by atoms with Crippen LogP contribution >= 0.6 is 0 Å². The molecule has 0 atom stereocenters. The first-order chi connectivity index (χ1) is 15.2. The van der Waals surface area contributed by atoms with Crippen molar-refractivity contribution in [2.75, 3.05) is 23.8 Å². The molecule has 1 aliphatic heterocycles. The molecule has 158 valence electrons. The smallest absolute Gasteiger partial charge is 0.263 e. The zero-order valence-electron chi connectivity index (χ0n) is 19.1. The summed E-state index contributed by atoms with van der Waals surface area (Å²) in [6, 6.07) is 7.19. The van der Waals surface area contributed by atoms with E-state index in [1.54, 1.807) is 36.2 Å². The number of nitrogens with one attached hydrogen (secondary N) is 1. The summed E-state index contributed by atoms with van der Waals surface area (Å²) < 4.78 is 0. The van der Waals surface area contributed by atoms with Crippen LogP contribution in [0.15, 0.2) is 54.5 Å². The third kappa shape index (κ3) is 4.94. The molecular weight excluding hydrogens is 399 g/mol. The molecule has 1 aliphatic rings. The molecule has 0 aromatic carbocycles. The van der Waals surface area contributed by atoms with E-state index in [0.717, 1.165) is 11.2 Å². The topological polar surface area (TPSA) is 78.4 Å². The van der Waals surface area contributed by atoms with Crippen LogP contribution < -0.4 is 15.7 Å². The van der Waals surface area contributed by atoms with Crippen molar-refractivity contribution in [2.45, 2.75) is 12.6 Å². The maximum atomic E-state index is 13.4. The number of rotatable bonds is 5. The van der Waals surface area contributed by atoms with Crippen LogP contribution in [0.2, 0.25) is 0 Å².